The van der Waals surface area contributed by atoms with Crippen molar-refractivity contribution in [3.63, 3.8) is 0 Å². The van der Waals surface area contributed by atoms with E-state index < -0.39 is 0 Å². The highest BCUT2D eigenvalue weighted by molar-refractivity contribution is 5.94. The van der Waals surface area contributed by atoms with Crippen LogP contribution in [0.3, 0.4) is 0 Å². The minimum Gasteiger partial charge on any atom is -0.376 e. The van der Waals surface area contributed by atoms with Crippen LogP contribution in [0.5, 0.6) is 0 Å². The minimum atomic E-state index is -0.324. The van der Waals surface area contributed by atoms with Crippen molar-refractivity contribution in [1.29, 1.82) is 0 Å². The van der Waals surface area contributed by atoms with Gasteiger partial charge in [-0.2, -0.15) is 0 Å². The van der Waals surface area contributed by atoms with Gasteiger partial charge in [0.15, 0.2) is 0 Å². The molecule has 1 aromatic heterocycles. The van der Waals surface area contributed by atoms with E-state index in [9.17, 15) is 10.1 Å². The Hall–Kier alpha value is -2.25. The molecule has 7 nitrogen and oxygen atoms in total. The molecule has 0 aliphatic carbocycles. The molecule has 1 aliphatic rings. The van der Waals surface area contributed by atoms with Gasteiger partial charge in [-0.3, -0.25) is 20.0 Å². The van der Waals surface area contributed by atoms with Crippen LogP contribution in [-0.2, 0) is 0 Å². The number of fused-ring (bicyclic) bond motifs is 1. The molecule has 7 heteroatoms. The molecule has 1 atom stereocenters. The summed E-state index contributed by atoms with van der Waals surface area (Å²) >= 11 is 0. The van der Waals surface area contributed by atoms with Crippen molar-refractivity contribution in [2.24, 2.45) is 0 Å². The summed E-state index contributed by atoms with van der Waals surface area (Å²) in [7, 11) is 2.13. The van der Waals surface area contributed by atoms with Gasteiger partial charge >= 0.3 is 5.69 Å². The summed E-state index contributed by atoms with van der Waals surface area (Å²) < 4.78 is 0. The van der Waals surface area contributed by atoms with Crippen molar-refractivity contribution < 1.29 is 4.92 Å². The molecule has 1 saturated heterocycles. The van der Waals surface area contributed by atoms with E-state index >= 15 is 0 Å². The highest BCUT2D eigenvalue weighted by Gasteiger charge is 2.21. The van der Waals surface area contributed by atoms with E-state index in [-0.39, 0.29) is 16.7 Å². The summed E-state index contributed by atoms with van der Waals surface area (Å²) in [5, 5.41) is 15.5. The molecule has 0 radical (unpaired) electrons. The van der Waals surface area contributed by atoms with Gasteiger partial charge in [-0.15, -0.1) is 0 Å². The Morgan fingerprint density at radius 2 is 2.04 bits per heavy atom. The second-order valence-corrected chi connectivity index (χ2v) is 6.44. The number of nitrogens with zero attached hydrogens (tertiary/aromatic N) is 4. The Morgan fingerprint density at radius 1 is 1.29 bits per heavy atom. The van der Waals surface area contributed by atoms with Crippen LogP contribution in [-0.4, -0.2) is 65.5 Å². The van der Waals surface area contributed by atoms with Crippen molar-refractivity contribution in [2.45, 2.75) is 13.0 Å². The number of nitrogens with one attached hydrogen (secondary N) is 1. The van der Waals surface area contributed by atoms with Crippen LogP contribution in [0.2, 0.25) is 0 Å². The Morgan fingerprint density at radius 3 is 2.75 bits per heavy atom. The first-order valence-corrected chi connectivity index (χ1v) is 8.24. The van der Waals surface area contributed by atoms with Gasteiger partial charge in [0.1, 0.15) is 5.69 Å². The zero-order valence-electron chi connectivity index (χ0n) is 14.1. The molecule has 2 aromatic rings. The Balaban J connectivity index is 1.76. The van der Waals surface area contributed by atoms with E-state index in [1.165, 1.54) is 0 Å². The number of hydrogen-bond acceptors (Lipinski definition) is 6. The number of nitro groups is 1. The lowest BCUT2D eigenvalue weighted by molar-refractivity contribution is -0.382. The van der Waals surface area contributed by atoms with Crippen molar-refractivity contribution in [3.05, 3.63) is 40.6 Å². The molecule has 0 spiro atoms. The molecular weight excluding hydrogens is 306 g/mol. The van der Waals surface area contributed by atoms with Gasteiger partial charge in [-0.05, 0) is 38.2 Å². The topological polar surface area (TPSA) is 74.5 Å². The van der Waals surface area contributed by atoms with E-state index in [2.05, 4.69) is 34.1 Å². The fraction of sp³-hybridized carbons (Fsp3) is 0.471. The molecule has 3 rings (SSSR count). The van der Waals surface area contributed by atoms with Crippen LogP contribution in [0.15, 0.2) is 30.5 Å². The average molecular weight is 329 g/mol. The second-order valence-electron chi connectivity index (χ2n) is 6.44. The van der Waals surface area contributed by atoms with Gasteiger partial charge in [0, 0.05) is 45.0 Å². The molecule has 2 heterocycles. The van der Waals surface area contributed by atoms with Crippen molar-refractivity contribution in [3.8, 4) is 0 Å². The number of aromatic nitrogens is 1. The third-order valence-corrected chi connectivity index (χ3v) is 4.47. The zero-order chi connectivity index (χ0) is 17.1. The van der Waals surface area contributed by atoms with Crippen LogP contribution in [0.4, 0.5) is 11.4 Å². The first-order valence-electron chi connectivity index (χ1n) is 8.24. The summed E-state index contributed by atoms with van der Waals surface area (Å²) in [6, 6.07) is 7.19. The quantitative estimate of drug-likeness (QED) is 0.669. The third kappa shape index (κ3) is 3.63. The molecule has 0 amide bonds. The fourth-order valence-electron chi connectivity index (χ4n) is 3.18. The lowest BCUT2D eigenvalue weighted by atomic mass is 10.1. The Labute approximate surface area is 141 Å². The fourth-order valence-corrected chi connectivity index (χ4v) is 3.18. The van der Waals surface area contributed by atoms with Crippen LogP contribution >= 0.6 is 0 Å². The standard InChI is InChI=1S/C17H23N5O2/c1-13(12-21-10-8-20(2)9-11-21)19-16-6-5-15-14(4-3-7-18-15)17(16)22(23)24/h3-7,13,19H,8-12H2,1-2H3/t13-/m0/s1. The van der Waals surface area contributed by atoms with Crippen molar-refractivity contribution >= 4 is 22.3 Å². The van der Waals surface area contributed by atoms with Gasteiger partial charge < -0.3 is 10.2 Å². The lowest BCUT2D eigenvalue weighted by Gasteiger charge is -2.34. The van der Waals surface area contributed by atoms with E-state index in [1.54, 1.807) is 24.4 Å². The number of hydrogen-bond donors (Lipinski definition) is 1. The molecular formula is C17H23N5O2. The predicted octanol–water partition coefficient (Wildman–Crippen LogP) is 2.19. The van der Waals surface area contributed by atoms with E-state index in [0.717, 1.165) is 32.7 Å². The van der Waals surface area contributed by atoms with E-state index in [4.69, 9.17) is 0 Å². The number of piperazine rings is 1. The van der Waals surface area contributed by atoms with Gasteiger partial charge in [0.25, 0.3) is 0 Å². The van der Waals surface area contributed by atoms with E-state index in [0.29, 0.717) is 16.6 Å². The number of rotatable bonds is 5. The van der Waals surface area contributed by atoms with Crippen LogP contribution in [0, 0.1) is 10.1 Å². The molecule has 1 aromatic carbocycles. The molecule has 0 saturated carbocycles. The largest absolute Gasteiger partial charge is 0.376 e. The Bertz CT molecular complexity index is 728. The summed E-state index contributed by atoms with van der Waals surface area (Å²) in [6.45, 7) is 7.13. The smallest absolute Gasteiger partial charge is 0.301 e. The highest BCUT2D eigenvalue weighted by Crippen LogP contribution is 2.32. The van der Waals surface area contributed by atoms with E-state index in [1.807, 2.05) is 6.07 Å². The second kappa shape index (κ2) is 7.11. The molecule has 24 heavy (non-hydrogen) atoms. The zero-order valence-corrected chi connectivity index (χ0v) is 14.1. The number of likely N-dealkylation sites (N-methyl/N-ethyl adjacent to an activating group) is 1. The van der Waals surface area contributed by atoms with Gasteiger partial charge in [-0.1, -0.05) is 0 Å². The highest BCUT2D eigenvalue weighted by atomic mass is 16.6. The monoisotopic (exact) mass is 329 g/mol. The molecule has 0 bridgehead atoms. The number of benzene rings is 1. The third-order valence-electron chi connectivity index (χ3n) is 4.47. The van der Waals surface area contributed by atoms with Crippen molar-refractivity contribution in [2.75, 3.05) is 45.1 Å². The first kappa shape index (κ1) is 16.6. The predicted molar refractivity (Wildman–Crippen MR) is 95.4 cm³/mol. The molecule has 1 aliphatic heterocycles. The molecule has 1 N–H and O–H groups in total. The van der Waals surface area contributed by atoms with Gasteiger partial charge in [0.05, 0.1) is 15.8 Å². The molecule has 0 unspecified atom stereocenters. The van der Waals surface area contributed by atoms with Gasteiger partial charge in [-0.25, -0.2) is 0 Å². The van der Waals surface area contributed by atoms with Gasteiger partial charge in [0.2, 0.25) is 0 Å². The summed E-state index contributed by atoms with van der Waals surface area (Å²) in [5.74, 6) is 0. The normalized spacial score (nSPS) is 17.8. The van der Waals surface area contributed by atoms with Crippen LogP contribution < -0.4 is 5.32 Å². The Kier molecular flexibility index (Phi) is 4.92. The average Bonchev–Trinajstić information content (AvgIpc) is 2.56. The van der Waals surface area contributed by atoms with Crippen LogP contribution in [0.25, 0.3) is 10.9 Å². The van der Waals surface area contributed by atoms with Crippen LogP contribution in [0.1, 0.15) is 6.92 Å². The molecule has 128 valence electrons. The summed E-state index contributed by atoms with van der Waals surface area (Å²) in [5.41, 5.74) is 1.30. The summed E-state index contributed by atoms with van der Waals surface area (Å²) in [6.07, 6.45) is 1.65. The minimum absolute atomic E-state index is 0.103. The number of pyridine rings is 1. The SMILES string of the molecule is C[C@@H](CN1CCN(C)CC1)Nc1ccc2ncccc2c1[N+](=O)[O-]. The maximum atomic E-state index is 11.6. The summed E-state index contributed by atoms with van der Waals surface area (Å²) in [4.78, 5) is 20.2. The lowest BCUT2D eigenvalue weighted by Crippen LogP contribution is -2.47. The number of nitro benzene ring substituents is 1. The maximum absolute atomic E-state index is 11.6. The molecule has 1 fully saturated rings. The number of anilines is 1. The first-order chi connectivity index (χ1) is 11.5. The maximum Gasteiger partial charge on any atom is 0.301 e. The van der Waals surface area contributed by atoms with Crippen molar-refractivity contribution in [1.82, 2.24) is 14.8 Å².